The smallest absolute Gasteiger partial charge is 0.234 e. The summed E-state index contributed by atoms with van der Waals surface area (Å²) in [4.78, 5) is 12.3. The van der Waals surface area contributed by atoms with E-state index < -0.39 is 0 Å². The number of hydrogen-bond acceptors (Lipinski definition) is 6. The Morgan fingerprint density at radius 3 is 2.60 bits per heavy atom. The summed E-state index contributed by atoms with van der Waals surface area (Å²) < 4.78 is 13.0. The molecule has 0 saturated carbocycles. The first-order valence-corrected chi connectivity index (χ1v) is 10.8. The third kappa shape index (κ3) is 5.76. The lowest BCUT2D eigenvalue weighted by Crippen LogP contribution is -2.15. The second-order valence-electron chi connectivity index (χ2n) is 6.50. The van der Waals surface area contributed by atoms with E-state index in [1.54, 1.807) is 13.2 Å². The molecule has 0 radical (unpaired) electrons. The highest BCUT2D eigenvalue weighted by atomic mass is 32.2. The summed E-state index contributed by atoms with van der Waals surface area (Å²) in [6.07, 6.45) is 0.996. The number of aryl methyl sites for hydroxylation is 1. The quantitative estimate of drug-likeness (QED) is 0.490. The Morgan fingerprint density at radius 2 is 1.90 bits per heavy atom. The van der Waals surface area contributed by atoms with E-state index in [2.05, 4.69) is 34.6 Å². The van der Waals surface area contributed by atoms with Crippen molar-refractivity contribution >= 4 is 23.4 Å². The van der Waals surface area contributed by atoms with Crippen molar-refractivity contribution in [2.75, 3.05) is 18.2 Å². The van der Waals surface area contributed by atoms with Gasteiger partial charge in [0.2, 0.25) is 5.91 Å². The van der Waals surface area contributed by atoms with Gasteiger partial charge in [0.1, 0.15) is 18.1 Å². The van der Waals surface area contributed by atoms with Gasteiger partial charge in [-0.25, -0.2) is 0 Å². The molecule has 2 aromatic carbocycles. The van der Waals surface area contributed by atoms with Gasteiger partial charge in [0.15, 0.2) is 11.0 Å². The average molecular weight is 427 g/mol. The molecule has 0 saturated heterocycles. The van der Waals surface area contributed by atoms with Crippen molar-refractivity contribution in [1.29, 1.82) is 0 Å². The van der Waals surface area contributed by atoms with Gasteiger partial charge in [0.05, 0.1) is 12.9 Å². The Bertz CT molecular complexity index is 973. The lowest BCUT2D eigenvalue weighted by Gasteiger charge is -2.10. The first-order valence-electron chi connectivity index (χ1n) is 9.83. The lowest BCUT2D eigenvalue weighted by molar-refractivity contribution is -0.113. The number of aromatic nitrogens is 3. The number of nitrogens with one attached hydrogen (secondary N) is 1. The maximum atomic E-state index is 12.3. The standard InChI is InChI=1S/C22H26N4O3S/c1-4-16-9-11-18(12-10-16)29-14-20-24-25-22(26(20)5-2)30-15-21(27)23-17-7-6-8-19(13-17)28-3/h6-13H,4-5,14-15H2,1-3H3,(H,23,27). The molecule has 1 heterocycles. The van der Waals surface area contributed by atoms with Gasteiger partial charge in [-0.1, -0.05) is 36.9 Å². The largest absolute Gasteiger partial charge is 0.497 e. The number of methoxy groups -OCH3 is 1. The Balaban J connectivity index is 1.55. The molecule has 158 valence electrons. The lowest BCUT2D eigenvalue weighted by atomic mass is 10.2. The molecule has 0 unspecified atom stereocenters. The van der Waals surface area contributed by atoms with E-state index in [0.29, 0.717) is 29.7 Å². The van der Waals surface area contributed by atoms with Gasteiger partial charge in [0, 0.05) is 18.3 Å². The highest BCUT2D eigenvalue weighted by molar-refractivity contribution is 7.99. The predicted octanol–water partition coefficient (Wildman–Crippen LogP) is 4.18. The fraction of sp³-hybridized carbons (Fsp3) is 0.318. The van der Waals surface area contributed by atoms with Gasteiger partial charge in [-0.15, -0.1) is 10.2 Å². The molecule has 3 rings (SSSR count). The van der Waals surface area contributed by atoms with Crippen molar-refractivity contribution in [3.63, 3.8) is 0 Å². The minimum Gasteiger partial charge on any atom is -0.497 e. The maximum absolute atomic E-state index is 12.3. The van der Waals surface area contributed by atoms with Gasteiger partial charge >= 0.3 is 0 Å². The van der Waals surface area contributed by atoms with E-state index in [-0.39, 0.29) is 11.7 Å². The number of amides is 1. The molecule has 1 N–H and O–H groups in total. The normalized spacial score (nSPS) is 10.6. The summed E-state index contributed by atoms with van der Waals surface area (Å²) in [6.45, 7) is 5.15. The first-order chi connectivity index (χ1) is 14.6. The highest BCUT2D eigenvalue weighted by Crippen LogP contribution is 2.21. The molecule has 8 heteroatoms. The maximum Gasteiger partial charge on any atom is 0.234 e. The molecule has 0 fully saturated rings. The zero-order chi connectivity index (χ0) is 21.3. The predicted molar refractivity (Wildman–Crippen MR) is 118 cm³/mol. The molecule has 1 amide bonds. The molecule has 0 aliphatic carbocycles. The molecular formula is C22H26N4O3S. The van der Waals surface area contributed by atoms with Crippen molar-refractivity contribution in [3.8, 4) is 11.5 Å². The monoisotopic (exact) mass is 426 g/mol. The van der Waals surface area contributed by atoms with Gasteiger partial charge in [-0.3, -0.25) is 4.79 Å². The van der Waals surface area contributed by atoms with Crippen LogP contribution < -0.4 is 14.8 Å². The van der Waals surface area contributed by atoms with Crippen LogP contribution in [0.3, 0.4) is 0 Å². The van der Waals surface area contributed by atoms with Crippen LogP contribution >= 0.6 is 11.8 Å². The minimum atomic E-state index is -0.118. The van der Waals surface area contributed by atoms with Crippen molar-refractivity contribution in [2.24, 2.45) is 0 Å². The van der Waals surface area contributed by atoms with Gasteiger partial charge in [-0.2, -0.15) is 0 Å². The van der Waals surface area contributed by atoms with Crippen LogP contribution in [0.5, 0.6) is 11.5 Å². The molecule has 0 aliphatic rings. The van der Waals surface area contributed by atoms with Gasteiger partial charge in [0.25, 0.3) is 0 Å². The van der Waals surface area contributed by atoms with Crippen LogP contribution in [0.4, 0.5) is 5.69 Å². The molecule has 0 spiro atoms. The SMILES string of the molecule is CCc1ccc(OCc2nnc(SCC(=O)Nc3cccc(OC)c3)n2CC)cc1. The molecule has 7 nitrogen and oxygen atoms in total. The zero-order valence-electron chi connectivity index (χ0n) is 17.4. The summed E-state index contributed by atoms with van der Waals surface area (Å²) in [5.74, 6) is 2.33. The van der Waals surface area contributed by atoms with E-state index in [0.717, 1.165) is 18.0 Å². The molecular weight excluding hydrogens is 400 g/mol. The summed E-state index contributed by atoms with van der Waals surface area (Å²) in [5, 5.41) is 12.0. The Kier molecular flexibility index (Phi) is 7.73. The minimum absolute atomic E-state index is 0.118. The molecule has 0 aliphatic heterocycles. The molecule has 3 aromatic rings. The second kappa shape index (κ2) is 10.7. The number of anilines is 1. The van der Waals surface area contributed by atoms with Crippen LogP contribution in [-0.2, 0) is 24.4 Å². The number of carbonyl (C=O) groups is 1. The van der Waals surface area contributed by atoms with Crippen LogP contribution in [0.2, 0.25) is 0 Å². The van der Waals surface area contributed by atoms with E-state index in [1.807, 2.05) is 41.8 Å². The second-order valence-corrected chi connectivity index (χ2v) is 7.44. The van der Waals surface area contributed by atoms with E-state index in [9.17, 15) is 4.79 Å². The van der Waals surface area contributed by atoms with Crippen molar-refractivity contribution in [2.45, 2.75) is 38.6 Å². The van der Waals surface area contributed by atoms with Crippen molar-refractivity contribution in [3.05, 3.63) is 59.9 Å². The van der Waals surface area contributed by atoms with Gasteiger partial charge < -0.3 is 19.4 Å². The van der Waals surface area contributed by atoms with Crippen molar-refractivity contribution < 1.29 is 14.3 Å². The third-order valence-electron chi connectivity index (χ3n) is 4.50. The summed E-state index contributed by atoms with van der Waals surface area (Å²) in [5.41, 5.74) is 1.96. The molecule has 0 atom stereocenters. The molecule has 0 bridgehead atoms. The number of nitrogens with zero attached hydrogens (tertiary/aromatic N) is 3. The fourth-order valence-corrected chi connectivity index (χ4v) is 3.67. The molecule has 30 heavy (non-hydrogen) atoms. The van der Waals surface area contributed by atoms with Crippen LogP contribution in [-0.4, -0.2) is 33.5 Å². The summed E-state index contributed by atoms with van der Waals surface area (Å²) in [6, 6.07) is 15.3. The van der Waals surface area contributed by atoms with E-state index in [4.69, 9.17) is 9.47 Å². The fourth-order valence-electron chi connectivity index (χ4n) is 2.85. The zero-order valence-corrected chi connectivity index (χ0v) is 18.2. The number of thioether (sulfide) groups is 1. The Labute approximate surface area is 180 Å². The van der Waals surface area contributed by atoms with E-state index >= 15 is 0 Å². The third-order valence-corrected chi connectivity index (χ3v) is 5.46. The summed E-state index contributed by atoms with van der Waals surface area (Å²) in [7, 11) is 1.59. The number of benzene rings is 2. The Hall–Kier alpha value is -3.00. The van der Waals surface area contributed by atoms with Crippen LogP contribution in [0, 0.1) is 0 Å². The van der Waals surface area contributed by atoms with Crippen LogP contribution in [0.25, 0.3) is 0 Å². The van der Waals surface area contributed by atoms with Crippen molar-refractivity contribution in [1.82, 2.24) is 14.8 Å². The number of rotatable bonds is 10. The van der Waals surface area contributed by atoms with Gasteiger partial charge in [-0.05, 0) is 43.2 Å². The first kappa shape index (κ1) is 21.7. The van der Waals surface area contributed by atoms with Crippen LogP contribution in [0.1, 0.15) is 25.2 Å². The number of ether oxygens (including phenoxy) is 2. The molecule has 1 aromatic heterocycles. The van der Waals surface area contributed by atoms with Crippen LogP contribution in [0.15, 0.2) is 53.7 Å². The number of carbonyl (C=O) groups excluding carboxylic acids is 1. The topological polar surface area (TPSA) is 78.3 Å². The Morgan fingerprint density at radius 1 is 1.10 bits per heavy atom. The average Bonchev–Trinajstić information content (AvgIpc) is 3.18. The summed E-state index contributed by atoms with van der Waals surface area (Å²) >= 11 is 1.35. The van der Waals surface area contributed by atoms with E-state index in [1.165, 1.54) is 17.3 Å². The number of hydrogen-bond donors (Lipinski definition) is 1. The highest BCUT2D eigenvalue weighted by Gasteiger charge is 2.14.